The molecule has 4 aliphatic rings. The lowest BCUT2D eigenvalue weighted by Gasteiger charge is -2.38. The highest BCUT2D eigenvalue weighted by atomic mass is 16.2. The number of fused-ring (bicyclic) bond motifs is 3. The van der Waals surface area contributed by atoms with E-state index in [0.717, 1.165) is 36.8 Å². The molecule has 9 heteroatoms. The maximum absolute atomic E-state index is 13.3. The number of piperazine rings is 1. The Morgan fingerprint density at radius 1 is 1.30 bits per heavy atom. The number of benzene rings is 1. The van der Waals surface area contributed by atoms with Gasteiger partial charge in [0.1, 0.15) is 6.04 Å². The van der Waals surface area contributed by atoms with Crippen LogP contribution in [0.3, 0.4) is 0 Å². The highest BCUT2D eigenvalue weighted by Gasteiger charge is 2.53. The average Bonchev–Trinajstić information content (AvgIpc) is 3.60. The molecule has 33 heavy (non-hydrogen) atoms. The number of hydrogen-bond acceptors (Lipinski definition) is 6. The summed E-state index contributed by atoms with van der Waals surface area (Å²) >= 11 is 0. The Kier molecular flexibility index (Phi) is 5.59. The molecule has 0 spiro atoms. The van der Waals surface area contributed by atoms with Gasteiger partial charge in [0.25, 0.3) is 5.91 Å². The van der Waals surface area contributed by atoms with Gasteiger partial charge in [0.2, 0.25) is 11.8 Å². The third-order valence-electron chi connectivity index (χ3n) is 7.76. The molecule has 9 nitrogen and oxygen atoms in total. The number of carbonyl (C=O) groups excluding carboxylic acids is 3. The molecule has 0 radical (unpaired) electrons. The molecule has 5 atom stereocenters. The van der Waals surface area contributed by atoms with Crippen LogP contribution in [0.5, 0.6) is 0 Å². The fourth-order valence-electron chi connectivity index (χ4n) is 6.18. The first kappa shape index (κ1) is 21.9. The van der Waals surface area contributed by atoms with Gasteiger partial charge in [-0.3, -0.25) is 19.3 Å². The summed E-state index contributed by atoms with van der Waals surface area (Å²) in [6, 6.07) is 6.75. The Labute approximate surface area is 193 Å². The number of hydrogen-bond donors (Lipinski definition) is 2. The van der Waals surface area contributed by atoms with Gasteiger partial charge in [0.05, 0.1) is 24.2 Å². The molecule has 3 fully saturated rings. The molecule has 5 rings (SSSR count). The van der Waals surface area contributed by atoms with Gasteiger partial charge in [-0.25, -0.2) is 0 Å². The zero-order valence-corrected chi connectivity index (χ0v) is 18.9. The lowest BCUT2D eigenvalue weighted by atomic mass is 10.0. The Balaban J connectivity index is 1.25. The van der Waals surface area contributed by atoms with Gasteiger partial charge >= 0.3 is 0 Å². The average molecular weight is 451 g/mol. The Morgan fingerprint density at radius 3 is 2.85 bits per heavy atom. The second-order valence-corrected chi connectivity index (χ2v) is 9.58. The number of aryl methyl sites for hydroxylation is 1. The molecule has 3 N–H and O–H groups in total. The number of rotatable bonds is 5. The van der Waals surface area contributed by atoms with Gasteiger partial charge in [0, 0.05) is 38.3 Å². The van der Waals surface area contributed by atoms with Crippen molar-refractivity contribution in [2.75, 3.05) is 26.7 Å². The van der Waals surface area contributed by atoms with E-state index >= 15 is 0 Å². The monoisotopic (exact) mass is 450 g/mol. The van der Waals surface area contributed by atoms with E-state index in [9.17, 15) is 19.6 Å². The molecule has 3 heterocycles. The molecular formula is C24H30N6O3. The quantitative estimate of drug-likeness (QED) is 0.659. The minimum Gasteiger partial charge on any atom is -0.355 e. The molecule has 3 amide bonds. The van der Waals surface area contributed by atoms with E-state index in [1.165, 1.54) is 0 Å². The van der Waals surface area contributed by atoms with E-state index in [2.05, 4.69) is 11.4 Å². The summed E-state index contributed by atoms with van der Waals surface area (Å²) in [4.78, 5) is 43.8. The second kappa shape index (κ2) is 8.43. The Morgan fingerprint density at radius 2 is 2.12 bits per heavy atom. The van der Waals surface area contributed by atoms with Crippen molar-refractivity contribution in [2.24, 2.45) is 5.73 Å². The van der Waals surface area contributed by atoms with Crippen LogP contribution in [0, 0.1) is 11.3 Å². The summed E-state index contributed by atoms with van der Waals surface area (Å²) in [7, 11) is 1.62. The van der Waals surface area contributed by atoms with Crippen LogP contribution in [-0.4, -0.2) is 83.3 Å². The topological polar surface area (TPSA) is 123 Å². The molecule has 2 bridgehead atoms. The third-order valence-corrected chi connectivity index (χ3v) is 7.76. The summed E-state index contributed by atoms with van der Waals surface area (Å²) in [6.07, 6.45) is 4.00. The summed E-state index contributed by atoms with van der Waals surface area (Å²) in [5, 5.41) is 11.9. The van der Waals surface area contributed by atoms with E-state index in [4.69, 9.17) is 5.73 Å². The van der Waals surface area contributed by atoms with Crippen molar-refractivity contribution in [3.63, 3.8) is 0 Å². The van der Waals surface area contributed by atoms with Crippen LogP contribution >= 0.6 is 0 Å². The number of amides is 3. The summed E-state index contributed by atoms with van der Waals surface area (Å²) in [5.41, 5.74) is 9.16. The van der Waals surface area contributed by atoms with Crippen LogP contribution in [0.25, 0.3) is 0 Å². The van der Waals surface area contributed by atoms with Gasteiger partial charge in [-0.2, -0.15) is 5.26 Å². The number of nitrogens with zero attached hydrogens (tertiary/aromatic N) is 4. The predicted molar refractivity (Wildman–Crippen MR) is 120 cm³/mol. The van der Waals surface area contributed by atoms with E-state index < -0.39 is 6.04 Å². The highest BCUT2D eigenvalue weighted by molar-refractivity contribution is 5.94. The first-order chi connectivity index (χ1) is 15.9. The Hall–Kier alpha value is -2.96. The van der Waals surface area contributed by atoms with Crippen LogP contribution in [-0.2, 0) is 16.0 Å². The van der Waals surface area contributed by atoms with Crippen LogP contribution in [0.1, 0.15) is 53.2 Å². The molecule has 3 unspecified atom stereocenters. The minimum atomic E-state index is -0.727. The number of nitrogens with two attached hydrogens (primary N) is 1. The first-order valence-electron chi connectivity index (χ1n) is 11.8. The number of carbonyl (C=O) groups is 3. The largest absolute Gasteiger partial charge is 0.355 e. The van der Waals surface area contributed by atoms with Crippen LogP contribution in [0.15, 0.2) is 18.2 Å². The fourth-order valence-corrected chi connectivity index (χ4v) is 6.18. The fraction of sp³-hybridized carbons (Fsp3) is 0.583. The maximum atomic E-state index is 13.3. The van der Waals surface area contributed by atoms with E-state index in [-0.39, 0.29) is 41.9 Å². The van der Waals surface area contributed by atoms with Crippen molar-refractivity contribution in [2.45, 2.75) is 62.3 Å². The molecular weight excluding hydrogens is 420 g/mol. The van der Waals surface area contributed by atoms with Crippen molar-refractivity contribution < 1.29 is 14.4 Å². The molecule has 0 saturated carbocycles. The zero-order chi connectivity index (χ0) is 23.3. The smallest absolute Gasteiger partial charge is 0.251 e. The summed E-state index contributed by atoms with van der Waals surface area (Å²) in [6.45, 7) is 1.62. The van der Waals surface area contributed by atoms with E-state index in [1.807, 2.05) is 28.0 Å². The van der Waals surface area contributed by atoms with Crippen molar-refractivity contribution in [3.05, 3.63) is 34.9 Å². The van der Waals surface area contributed by atoms with Crippen LogP contribution in [0.2, 0.25) is 0 Å². The summed E-state index contributed by atoms with van der Waals surface area (Å²) in [5.74, 6) is -0.188. The van der Waals surface area contributed by atoms with Crippen LogP contribution in [0.4, 0.5) is 0 Å². The van der Waals surface area contributed by atoms with Gasteiger partial charge in [-0.05, 0) is 55.4 Å². The minimum absolute atomic E-state index is 0.0414. The zero-order valence-electron chi connectivity index (χ0n) is 18.9. The number of nitrogens with one attached hydrogen (secondary N) is 1. The summed E-state index contributed by atoms with van der Waals surface area (Å²) < 4.78 is 0. The standard InChI is InChI=1S/C24H30N6O3/c1-27-22(31)15-4-6-18-14(9-15)5-7-20(18)30-17-10-21(24(30)33)28(12-17)13-19(26)23(32)29-8-2-3-16(29)11-25/h4,6,9,16-17,19-21H,2-3,5,7-8,10,12-13,26H2,1H3,(H,27,31)/t16?,17-,19?,20-,21?/m0/s1. The lowest BCUT2D eigenvalue weighted by molar-refractivity contribution is -0.141. The van der Waals surface area contributed by atoms with Gasteiger partial charge < -0.3 is 20.9 Å². The van der Waals surface area contributed by atoms with Crippen molar-refractivity contribution >= 4 is 17.7 Å². The van der Waals surface area contributed by atoms with Crippen LogP contribution < -0.4 is 11.1 Å². The second-order valence-electron chi connectivity index (χ2n) is 9.58. The van der Waals surface area contributed by atoms with Gasteiger partial charge in [-0.15, -0.1) is 0 Å². The van der Waals surface area contributed by atoms with Gasteiger partial charge in [0.15, 0.2) is 0 Å². The number of nitriles is 1. The van der Waals surface area contributed by atoms with Crippen molar-refractivity contribution in [3.8, 4) is 6.07 Å². The van der Waals surface area contributed by atoms with Crippen molar-refractivity contribution in [1.82, 2.24) is 20.0 Å². The Bertz CT molecular complexity index is 1040. The SMILES string of the molecule is CNC(=O)c1ccc2c(c1)CC[C@@H]2N1C(=O)C2C[C@H]1CN2CC(N)C(=O)N1CCCC1C#N. The molecule has 3 aliphatic heterocycles. The molecule has 1 aliphatic carbocycles. The molecule has 1 aromatic rings. The lowest BCUT2D eigenvalue weighted by Crippen LogP contribution is -2.56. The molecule has 3 saturated heterocycles. The van der Waals surface area contributed by atoms with Gasteiger partial charge in [-0.1, -0.05) is 6.07 Å². The third kappa shape index (κ3) is 3.58. The van der Waals surface area contributed by atoms with E-state index in [0.29, 0.717) is 31.6 Å². The highest BCUT2D eigenvalue weighted by Crippen LogP contribution is 2.44. The number of likely N-dealkylation sites (tertiary alicyclic amines) is 3. The normalized spacial score (nSPS) is 29.3. The molecule has 1 aromatic carbocycles. The van der Waals surface area contributed by atoms with E-state index in [1.54, 1.807) is 11.9 Å². The molecule has 174 valence electrons. The first-order valence-corrected chi connectivity index (χ1v) is 11.8. The maximum Gasteiger partial charge on any atom is 0.251 e. The van der Waals surface area contributed by atoms with Crippen molar-refractivity contribution in [1.29, 1.82) is 5.26 Å². The molecule has 0 aromatic heterocycles. The predicted octanol–water partition coefficient (Wildman–Crippen LogP) is 0.160.